The van der Waals surface area contributed by atoms with Crippen LogP contribution in [0.3, 0.4) is 0 Å². The summed E-state index contributed by atoms with van der Waals surface area (Å²) in [6, 6.07) is 5.92. The van der Waals surface area contributed by atoms with Gasteiger partial charge in [0, 0.05) is 6.54 Å². The summed E-state index contributed by atoms with van der Waals surface area (Å²) in [7, 11) is 0. The minimum Gasteiger partial charge on any atom is -0.327 e. The number of halogens is 1. The van der Waals surface area contributed by atoms with Crippen LogP contribution in [-0.4, -0.2) is 6.54 Å². The zero-order chi connectivity index (χ0) is 11.1. The molecule has 2 N–H and O–H groups in total. The Morgan fingerprint density at radius 2 is 1.80 bits per heavy atom. The Bertz CT molecular complexity index is 351. The molecule has 0 saturated heterocycles. The van der Waals surface area contributed by atoms with E-state index in [0.29, 0.717) is 0 Å². The van der Waals surface area contributed by atoms with E-state index in [9.17, 15) is 4.39 Å². The monoisotopic (exact) mass is 207 g/mol. The van der Waals surface area contributed by atoms with Gasteiger partial charge in [0.2, 0.25) is 0 Å². The third kappa shape index (κ3) is 1.91. The number of rotatable bonds is 3. The Morgan fingerprint density at radius 3 is 2.20 bits per heavy atom. The lowest BCUT2D eigenvalue weighted by atomic mass is 9.88. The average molecular weight is 207 g/mol. The molecule has 1 aliphatic rings. The molecule has 1 unspecified atom stereocenters. The van der Waals surface area contributed by atoms with Gasteiger partial charge in [0.05, 0.1) is 0 Å². The van der Waals surface area contributed by atoms with Crippen molar-refractivity contribution in [3.63, 3.8) is 0 Å². The molecule has 1 atom stereocenters. The first-order valence-electron chi connectivity index (χ1n) is 5.54. The third-order valence-electron chi connectivity index (χ3n) is 3.22. The summed E-state index contributed by atoms with van der Waals surface area (Å²) in [5.41, 5.74) is 7.30. The first-order valence-corrected chi connectivity index (χ1v) is 5.54. The van der Waals surface area contributed by atoms with E-state index in [1.165, 1.54) is 0 Å². The van der Waals surface area contributed by atoms with Crippen LogP contribution >= 0.6 is 0 Å². The van der Waals surface area contributed by atoms with Crippen LogP contribution in [0.4, 0.5) is 4.39 Å². The molecule has 2 rings (SSSR count). The maximum absolute atomic E-state index is 14.7. The van der Waals surface area contributed by atoms with E-state index < -0.39 is 5.67 Å². The Balaban J connectivity index is 2.41. The zero-order valence-electron chi connectivity index (χ0n) is 9.39. The summed E-state index contributed by atoms with van der Waals surface area (Å²) in [4.78, 5) is 0. The largest absolute Gasteiger partial charge is 0.327 e. The molecule has 1 saturated carbocycles. The van der Waals surface area contributed by atoms with E-state index >= 15 is 0 Å². The minimum absolute atomic E-state index is 0.0978. The number of alkyl halides is 1. The first kappa shape index (κ1) is 10.6. The van der Waals surface area contributed by atoms with E-state index in [-0.39, 0.29) is 12.5 Å². The molecule has 82 valence electrons. The van der Waals surface area contributed by atoms with Crippen molar-refractivity contribution in [1.29, 1.82) is 0 Å². The van der Waals surface area contributed by atoms with E-state index in [0.717, 1.165) is 29.5 Å². The smallest absolute Gasteiger partial charge is 0.150 e. The molecule has 0 radical (unpaired) electrons. The summed E-state index contributed by atoms with van der Waals surface area (Å²) >= 11 is 0. The Hall–Kier alpha value is -0.890. The summed E-state index contributed by atoms with van der Waals surface area (Å²) in [5.74, 6) is 0.142. The van der Waals surface area contributed by atoms with Gasteiger partial charge < -0.3 is 5.73 Å². The van der Waals surface area contributed by atoms with Crippen molar-refractivity contribution in [3.05, 3.63) is 34.9 Å². The SMILES string of the molecule is Cc1cc(C)cc(C(F)(CN)C2CC2)c1. The molecule has 0 heterocycles. The molecule has 0 amide bonds. The van der Waals surface area contributed by atoms with Gasteiger partial charge in [-0.15, -0.1) is 0 Å². The molecule has 1 aromatic rings. The van der Waals surface area contributed by atoms with Crippen LogP contribution in [0.2, 0.25) is 0 Å². The molecule has 0 bridgehead atoms. The van der Waals surface area contributed by atoms with Gasteiger partial charge in [-0.1, -0.05) is 29.3 Å². The highest BCUT2D eigenvalue weighted by molar-refractivity contribution is 5.34. The molecular weight excluding hydrogens is 189 g/mol. The van der Waals surface area contributed by atoms with E-state index in [1.807, 2.05) is 26.0 Å². The van der Waals surface area contributed by atoms with Crippen molar-refractivity contribution >= 4 is 0 Å². The number of nitrogens with two attached hydrogens (primary N) is 1. The van der Waals surface area contributed by atoms with Gasteiger partial charge in [0.25, 0.3) is 0 Å². The van der Waals surface area contributed by atoms with Crippen molar-refractivity contribution < 1.29 is 4.39 Å². The lowest BCUT2D eigenvalue weighted by Gasteiger charge is -2.24. The van der Waals surface area contributed by atoms with Crippen molar-refractivity contribution in [2.45, 2.75) is 32.4 Å². The minimum atomic E-state index is -1.29. The van der Waals surface area contributed by atoms with Crippen molar-refractivity contribution in [1.82, 2.24) is 0 Å². The fraction of sp³-hybridized carbons (Fsp3) is 0.538. The van der Waals surface area contributed by atoms with Crippen LogP contribution in [-0.2, 0) is 5.67 Å². The first-order chi connectivity index (χ1) is 7.06. The van der Waals surface area contributed by atoms with Gasteiger partial charge in [-0.05, 0) is 38.2 Å². The number of hydrogen-bond donors (Lipinski definition) is 1. The third-order valence-corrected chi connectivity index (χ3v) is 3.22. The summed E-state index contributed by atoms with van der Waals surface area (Å²) in [6.45, 7) is 4.10. The van der Waals surface area contributed by atoms with E-state index in [4.69, 9.17) is 5.73 Å². The van der Waals surface area contributed by atoms with Crippen LogP contribution in [0.15, 0.2) is 18.2 Å². The summed E-state index contributed by atoms with van der Waals surface area (Å²) < 4.78 is 14.7. The fourth-order valence-electron chi connectivity index (χ4n) is 2.28. The highest BCUT2D eigenvalue weighted by Gasteiger charge is 2.46. The summed E-state index contributed by atoms with van der Waals surface area (Å²) in [6.07, 6.45) is 1.95. The topological polar surface area (TPSA) is 26.0 Å². The zero-order valence-corrected chi connectivity index (χ0v) is 9.39. The average Bonchev–Trinajstić information content (AvgIpc) is 2.98. The van der Waals surface area contributed by atoms with Crippen LogP contribution in [0.5, 0.6) is 0 Å². The molecule has 1 fully saturated rings. The van der Waals surface area contributed by atoms with Crippen LogP contribution in [0, 0.1) is 19.8 Å². The Labute approximate surface area is 90.5 Å². The Morgan fingerprint density at radius 1 is 1.27 bits per heavy atom. The highest BCUT2D eigenvalue weighted by atomic mass is 19.1. The number of aryl methyl sites for hydroxylation is 2. The molecule has 1 aliphatic carbocycles. The van der Waals surface area contributed by atoms with Crippen LogP contribution in [0.25, 0.3) is 0 Å². The molecule has 15 heavy (non-hydrogen) atoms. The quantitative estimate of drug-likeness (QED) is 0.810. The lowest BCUT2D eigenvalue weighted by molar-refractivity contribution is 0.143. The molecule has 2 heteroatoms. The highest BCUT2D eigenvalue weighted by Crippen LogP contribution is 2.48. The molecular formula is C13H18FN. The number of hydrogen-bond acceptors (Lipinski definition) is 1. The second kappa shape index (κ2) is 3.60. The molecule has 1 aromatic carbocycles. The second-order valence-electron chi connectivity index (χ2n) is 4.72. The predicted octanol–water partition coefficient (Wildman–Crippen LogP) is 2.84. The van der Waals surface area contributed by atoms with Gasteiger partial charge in [-0.3, -0.25) is 0 Å². The fourth-order valence-corrected chi connectivity index (χ4v) is 2.28. The normalized spacial score (nSPS) is 20.0. The van der Waals surface area contributed by atoms with Gasteiger partial charge >= 0.3 is 0 Å². The molecule has 0 aromatic heterocycles. The van der Waals surface area contributed by atoms with Gasteiger partial charge in [-0.25, -0.2) is 4.39 Å². The number of benzene rings is 1. The maximum Gasteiger partial charge on any atom is 0.150 e. The van der Waals surface area contributed by atoms with Crippen molar-refractivity contribution in [3.8, 4) is 0 Å². The van der Waals surface area contributed by atoms with Gasteiger partial charge in [0.1, 0.15) is 0 Å². The lowest BCUT2D eigenvalue weighted by Crippen LogP contribution is -2.32. The van der Waals surface area contributed by atoms with Gasteiger partial charge in [-0.2, -0.15) is 0 Å². The van der Waals surface area contributed by atoms with Crippen LogP contribution < -0.4 is 5.73 Å². The standard InChI is InChI=1S/C13H18FN/c1-9-5-10(2)7-12(6-9)13(14,8-15)11-3-4-11/h5-7,11H,3-4,8,15H2,1-2H3. The van der Waals surface area contributed by atoms with Gasteiger partial charge in [0.15, 0.2) is 5.67 Å². The van der Waals surface area contributed by atoms with Crippen molar-refractivity contribution in [2.75, 3.05) is 6.54 Å². The second-order valence-corrected chi connectivity index (χ2v) is 4.72. The van der Waals surface area contributed by atoms with E-state index in [2.05, 4.69) is 6.07 Å². The van der Waals surface area contributed by atoms with Crippen LogP contribution in [0.1, 0.15) is 29.5 Å². The predicted molar refractivity (Wildman–Crippen MR) is 60.5 cm³/mol. The molecule has 1 nitrogen and oxygen atoms in total. The maximum atomic E-state index is 14.7. The molecule has 0 aliphatic heterocycles. The van der Waals surface area contributed by atoms with Crippen molar-refractivity contribution in [2.24, 2.45) is 11.7 Å². The summed E-state index contributed by atoms with van der Waals surface area (Å²) in [5, 5.41) is 0. The molecule has 0 spiro atoms. The Kier molecular flexibility index (Phi) is 2.55. The van der Waals surface area contributed by atoms with E-state index in [1.54, 1.807) is 0 Å².